The number of rotatable bonds is 3. The lowest BCUT2D eigenvalue weighted by molar-refractivity contribution is -0.140. The maximum Gasteiger partial charge on any atom is 0.339 e. The molecule has 2 saturated heterocycles. The number of ether oxygens (including phenoxy) is 1. The Kier molecular flexibility index (Phi) is 5.26. The standard InChI is InChI=1S/C22H25ClN2O5/c1-12-13(2)21(28)30-17-9-18(16(23)8-15(12)17)29-14(3)20(27)25-6-4-22(5-7-25)10-19(26)24-11-22/h8-9,14H,4-7,10-11H2,1-3H3,(H,24,26). The van der Waals surface area contributed by atoms with Gasteiger partial charge in [-0.3, -0.25) is 9.59 Å². The highest BCUT2D eigenvalue weighted by atomic mass is 35.5. The number of piperidine rings is 1. The first-order valence-electron chi connectivity index (χ1n) is 10.1. The lowest BCUT2D eigenvalue weighted by Gasteiger charge is -2.39. The maximum atomic E-state index is 12.9. The van der Waals surface area contributed by atoms with Gasteiger partial charge in [0, 0.05) is 43.1 Å². The van der Waals surface area contributed by atoms with Gasteiger partial charge in [-0.2, -0.15) is 0 Å². The van der Waals surface area contributed by atoms with Gasteiger partial charge in [0.15, 0.2) is 6.10 Å². The molecule has 2 aliphatic rings. The van der Waals surface area contributed by atoms with Crippen LogP contribution >= 0.6 is 11.6 Å². The summed E-state index contributed by atoms with van der Waals surface area (Å²) in [6.45, 7) is 7.12. The maximum absolute atomic E-state index is 12.9. The largest absolute Gasteiger partial charge is 0.479 e. The third-order valence-electron chi connectivity index (χ3n) is 6.49. The first kappa shape index (κ1) is 20.7. The number of nitrogens with one attached hydrogen (secondary N) is 1. The number of hydrogen-bond acceptors (Lipinski definition) is 5. The number of hydrogen-bond donors (Lipinski definition) is 1. The van der Waals surface area contributed by atoms with Crippen LogP contribution in [0.4, 0.5) is 0 Å². The van der Waals surface area contributed by atoms with Crippen LogP contribution in [-0.4, -0.2) is 42.5 Å². The molecule has 0 bridgehead atoms. The van der Waals surface area contributed by atoms with Crippen LogP contribution < -0.4 is 15.7 Å². The third-order valence-corrected chi connectivity index (χ3v) is 6.79. The van der Waals surface area contributed by atoms with Crippen molar-refractivity contribution in [3.8, 4) is 5.75 Å². The molecule has 0 aliphatic carbocycles. The first-order valence-corrected chi connectivity index (χ1v) is 10.5. The van der Waals surface area contributed by atoms with E-state index in [1.54, 1.807) is 30.9 Å². The van der Waals surface area contributed by atoms with E-state index in [0.717, 1.165) is 23.8 Å². The molecule has 2 amide bonds. The summed E-state index contributed by atoms with van der Waals surface area (Å²) in [5, 5.41) is 3.99. The second-order valence-electron chi connectivity index (χ2n) is 8.46. The van der Waals surface area contributed by atoms with Gasteiger partial charge in [-0.15, -0.1) is 0 Å². The fourth-order valence-electron chi connectivity index (χ4n) is 4.34. The summed E-state index contributed by atoms with van der Waals surface area (Å²) in [5.74, 6) is 0.268. The normalized spacial score (nSPS) is 19.2. The highest BCUT2D eigenvalue weighted by Crippen LogP contribution is 2.38. The topological polar surface area (TPSA) is 88.8 Å². The van der Waals surface area contributed by atoms with E-state index in [1.165, 1.54) is 0 Å². The summed E-state index contributed by atoms with van der Waals surface area (Å²) >= 11 is 6.39. The number of fused-ring (bicyclic) bond motifs is 1. The molecule has 4 rings (SSSR count). The lowest BCUT2D eigenvalue weighted by atomic mass is 9.77. The van der Waals surface area contributed by atoms with Gasteiger partial charge < -0.3 is 19.4 Å². The summed E-state index contributed by atoms with van der Waals surface area (Å²) in [7, 11) is 0. The lowest BCUT2D eigenvalue weighted by Crippen LogP contribution is -2.48. The van der Waals surface area contributed by atoms with Crippen molar-refractivity contribution in [1.82, 2.24) is 10.2 Å². The zero-order valence-corrected chi connectivity index (χ0v) is 18.1. The number of aryl methyl sites for hydroxylation is 1. The molecule has 1 aromatic carbocycles. The van der Waals surface area contributed by atoms with Gasteiger partial charge in [-0.25, -0.2) is 4.79 Å². The molecule has 2 fully saturated rings. The second kappa shape index (κ2) is 7.61. The third kappa shape index (κ3) is 3.67. The molecule has 0 saturated carbocycles. The molecular weight excluding hydrogens is 408 g/mol. The Morgan fingerprint density at radius 1 is 1.23 bits per heavy atom. The molecule has 1 unspecified atom stereocenters. The van der Waals surface area contributed by atoms with Crippen LogP contribution in [0, 0.1) is 19.3 Å². The van der Waals surface area contributed by atoms with Gasteiger partial charge in [0.2, 0.25) is 5.91 Å². The van der Waals surface area contributed by atoms with Crippen molar-refractivity contribution in [2.24, 2.45) is 5.41 Å². The Morgan fingerprint density at radius 3 is 2.57 bits per heavy atom. The average Bonchev–Trinajstić information content (AvgIpc) is 3.08. The van der Waals surface area contributed by atoms with E-state index >= 15 is 0 Å². The zero-order valence-electron chi connectivity index (χ0n) is 17.3. The van der Waals surface area contributed by atoms with E-state index in [2.05, 4.69) is 5.32 Å². The fourth-order valence-corrected chi connectivity index (χ4v) is 4.55. The molecule has 1 spiro atoms. The molecule has 8 heteroatoms. The molecule has 30 heavy (non-hydrogen) atoms. The van der Waals surface area contributed by atoms with E-state index < -0.39 is 11.7 Å². The van der Waals surface area contributed by atoms with Crippen LogP contribution in [0.25, 0.3) is 11.0 Å². The van der Waals surface area contributed by atoms with Crippen LogP contribution in [-0.2, 0) is 9.59 Å². The highest BCUT2D eigenvalue weighted by molar-refractivity contribution is 6.32. The van der Waals surface area contributed by atoms with Crippen molar-refractivity contribution in [2.75, 3.05) is 19.6 Å². The van der Waals surface area contributed by atoms with Gasteiger partial charge >= 0.3 is 5.63 Å². The predicted molar refractivity (Wildman–Crippen MR) is 113 cm³/mol. The molecular formula is C22H25ClN2O5. The zero-order chi connectivity index (χ0) is 21.6. The molecule has 0 radical (unpaired) electrons. The van der Waals surface area contributed by atoms with Gasteiger partial charge in [-0.1, -0.05) is 11.6 Å². The van der Waals surface area contributed by atoms with E-state index in [-0.39, 0.29) is 17.2 Å². The molecule has 2 aliphatic heterocycles. The summed E-state index contributed by atoms with van der Waals surface area (Å²) in [6.07, 6.45) is 1.39. The Morgan fingerprint density at radius 2 is 1.93 bits per heavy atom. The number of carbonyl (C=O) groups excluding carboxylic acids is 2. The molecule has 160 valence electrons. The molecule has 7 nitrogen and oxygen atoms in total. The first-order chi connectivity index (χ1) is 14.2. The minimum Gasteiger partial charge on any atom is -0.479 e. The van der Waals surface area contributed by atoms with Gasteiger partial charge in [-0.05, 0) is 50.7 Å². The van der Waals surface area contributed by atoms with Crippen molar-refractivity contribution in [3.63, 3.8) is 0 Å². The minimum atomic E-state index is -0.740. The molecule has 1 atom stereocenters. The van der Waals surface area contributed by atoms with E-state index in [4.69, 9.17) is 20.8 Å². The number of halogens is 1. The minimum absolute atomic E-state index is 0.0207. The SMILES string of the molecule is Cc1c(C)c2cc(Cl)c(OC(C)C(=O)N3CCC4(CC3)CNC(=O)C4)cc2oc1=O. The van der Waals surface area contributed by atoms with E-state index in [0.29, 0.717) is 48.0 Å². The summed E-state index contributed by atoms with van der Waals surface area (Å²) in [6, 6.07) is 3.26. The van der Waals surface area contributed by atoms with E-state index in [9.17, 15) is 14.4 Å². The smallest absolute Gasteiger partial charge is 0.339 e. The van der Waals surface area contributed by atoms with Gasteiger partial charge in [0.25, 0.3) is 5.91 Å². The van der Waals surface area contributed by atoms with Crippen molar-refractivity contribution < 1.29 is 18.7 Å². The molecule has 2 aromatic rings. The van der Waals surface area contributed by atoms with E-state index in [1.807, 2.05) is 6.92 Å². The number of carbonyl (C=O) groups is 2. The monoisotopic (exact) mass is 432 g/mol. The average molecular weight is 433 g/mol. The Hall–Kier alpha value is -2.54. The fraction of sp³-hybridized carbons (Fsp3) is 0.500. The quantitative estimate of drug-likeness (QED) is 0.753. The number of benzene rings is 1. The summed E-state index contributed by atoms with van der Waals surface area (Å²) in [4.78, 5) is 38.2. The van der Waals surface area contributed by atoms with Crippen LogP contribution in [0.2, 0.25) is 5.02 Å². The molecule has 1 N–H and O–H groups in total. The second-order valence-corrected chi connectivity index (χ2v) is 8.86. The van der Waals surface area contributed by atoms with Crippen LogP contribution in [0.3, 0.4) is 0 Å². The number of nitrogens with zero attached hydrogens (tertiary/aromatic N) is 1. The van der Waals surface area contributed by atoms with Crippen LogP contribution in [0.5, 0.6) is 5.75 Å². The van der Waals surface area contributed by atoms with Crippen LogP contribution in [0.15, 0.2) is 21.3 Å². The summed E-state index contributed by atoms with van der Waals surface area (Å²) in [5.41, 5.74) is 1.30. The van der Waals surface area contributed by atoms with Crippen molar-refractivity contribution in [1.29, 1.82) is 0 Å². The number of likely N-dealkylation sites (tertiary alicyclic amines) is 1. The van der Waals surface area contributed by atoms with Gasteiger partial charge in [0.05, 0.1) is 5.02 Å². The van der Waals surface area contributed by atoms with Crippen LogP contribution in [0.1, 0.15) is 37.3 Å². The van der Waals surface area contributed by atoms with Crippen molar-refractivity contribution >= 4 is 34.4 Å². The molecule has 3 heterocycles. The molecule has 1 aromatic heterocycles. The Labute approximate surface area is 179 Å². The number of amides is 2. The van der Waals surface area contributed by atoms with Crippen molar-refractivity contribution in [2.45, 2.75) is 46.1 Å². The van der Waals surface area contributed by atoms with Gasteiger partial charge in [0.1, 0.15) is 11.3 Å². The Bertz CT molecular complexity index is 1090. The Balaban J connectivity index is 1.48. The predicted octanol–water partition coefficient (Wildman–Crippen LogP) is 2.96. The van der Waals surface area contributed by atoms with Crippen molar-refractivity contribution in [3.05, 3.63) is 38.7 Å². The summed E-state index contributed by atoms with van der Waals surface area (Å²) < 4.78 is 11.2. The highest BCUT2D eigenvalue weighted by Gasteiger charge is 2.42.